The SMILES string of the molecule is Nc1cc(F)cc(F)c1N1CCC1=O. The number of rotatable bonds is 1. The number of anilines is 2. The number of nitrogens with zero attached hydrogens (tertiary/aromatic N) is 1. The first-order chi connectivity index (χ1) is 6.59. The Kier molecular flexibility index (Phi) is 1.87. The third-order valence-corrected chi connectivity index (χ3v) is 2.18. The second-order valence-corrected chi connectivity index (χ2v) is 3.12. The lowest BCUT2D eigenvalue weighted by molar-refractivity contribution is -0.122. The Labute approximate surface area is 79.1 Å². The second-order valence-electron chi connectivity index (χ2n) is 3.12. The van der Waals surface area contributed by atoms with Crippen LogP contribution in [0.25, 0.3) is 0 Å². The minimum absolute atomic E-state index is 0.0114. The van der Waals surface area contributed by atoms with Crippen molar-refractivity contribution in [2.24, 2.45) is 0 Å². The lowest BCUT2D eigenvalue weighted by Crippen LogP contribution is -2.44. The molecule has 0 aromatic heterocycles. The molecular weight excluding hydrogens is 190 g/mol. The number of hydrogen-bond acceptors (Lipinski definition) is 2. The van der Waals surface area contributed by atoms with E-state index >= 15 is 0 Å². The zero-order chi connectivity index (χ0) is 10.3. The van der Waals surface area contributed by atoms with Crippen molar-refractivity contribution in [2.45, 2.75) is 6.42 Å². The molecule has 1 saturated heterocycles. The maximum Gasteiger partial charge on any atom is 0.228 e. The topological polar surface area (TPSA) is 46.3 Å². The number of carbonyl (C=O) groups is 1. The average molecular weight is 198 g/mol. The van der Waals surface area contributed by atoms with Gasteiger partial charge in [0.15, 0.2) is 5.82 Å². The fourth-order valence-electron chi connectivity index (χ4n) is 1.42. The first-order valence-electron chi connectivity index (χ1n) is 4.14. The number of amides is 1. The summed E-state index contributed by atoms with van der Waals surface area (Å²) < 4.78 is 25.9. The first kappa shape index (κ1) is 8.93. The average Bonchev–Trinajstić information content (AvgIpc) is 2.08. The van der Waals surface area contributed by atoms with Crippen molar-refractivity contribution in [2.75, 3.05) is 17.2 Å². The van der Waals surface area contributed by atoms with Crippen molar-refractivity contribution in [1.29, 1.82) is 0 Å². The maximum atomic E-state index is 13.2. The fraction of sp³-hybridized carbons (Fsp3) is 0.222. The van der Waals surface area contributed by atoms with Gasteiger partial charge in [0.1, 0.15) is 11.5 Å². The predicted molar refractivity (Wildman–Crippen MR) is 47.7 cm³/mol. The van der Waals surface area contributed by atoms with E-state index in [2.05, 4.69) is 0 Å². The van der Waals surface area contributed by atoms with Gasteiger partial charge in [-0.1, -0.05) is 0 Å². The summed E-state index contributed by atoms with van der Waals surface area (Å²) >= 11 is 0. The van der Waals surface area contributed by atoms with E-state index in [0.29, 0.717) is 13.0 Å². The Balaban J connectivity index is 2.47. The molecule has 3 nitrogen and oxygen atoms in total. The number of carbonyl (C=O) groups excluding carboxylic acids is 1. The Morgan fingerprint density at radius 1 is 1.36 bits per heavy atom. The molecule has 0 bridgehead atoms. The molecule has 1 aromatic carbocycles. The second kappa shape index (κ2) is 2.94. The van der Waals surface area contributed by atoms with Crippen molar-refractivity contribution >= 4 is 17.3 Å². The van der Waals surface area contributed by atoms with Gasteiger partial charge in [0.2, 0.25) is 5.91 Å². The summed E-state index contributed by atoms with van der Waals surface area (Å²) in [5.74, 6) is -1.73. The van der Waals surface area contributed by atoms with Crippen LogP contribution in [0.15, 0.2) is 12.1 Å². The molecule has 2 N–H and O–H groups in total. The van der Waals surface area contributed by atoms with Crippen molar-refractivity contribution in [3.63, 3.8) is 0 Å². The molecule has 74 valence electrons. The van der Waals surface area contributed by atoms with Crippen LogP contribution in [0.2, 0.25) is 0 Å². The Hall–Kier alpha value is -1.65. The molecule has 2 rings (SSSR count). The molecule has 0 aliphatic carbocycles. The van der Waals surface area contributed by atoms with Crippen molar-refractivity contribution in [3.05, 3.63) is 23.8 Å². The smallest absolute Gasteiger partial charge is 0.228 e. The number of nitrogen functional groups attached to an aromatic ring is 1. The quantitative estimate of drug-likeness (QED) is 0.545. The van der Waals surface area contributed by atoms with E-state index in [1.165, 1.54) is 4.90 Å². The Morgan fingerprint density at radius 3 is 2.50 bits per heavy atom. The summed E-state index contributed by atoms with van der Waals surface area (Å²) in [6.07, 6.45) is 0.385. The largest absolute Gasteiger partial charge is 0.397 e. The number of nitrogens with two attached hydrogens (primary N) is 1. The van der Waals surface area contributed by atoms with Crippen LogP contribution in [-0.2, 0) is 4.79 Å². The van der Waals surface area contributed by atoms with Crippen LogP contribution in [0.3, 0.4) is 0 Å². The van der Waals surface area contributed by atoms with Crippen LogP contribution in [0, 0.1) is 11.6 Å². The number of halogens is 2. The molecule has 1 amide bonds. The Bertz CT molecular complexity index is 383. The fourth-order valence-corrected chi connectivity index (χ4v) is 1.42. The molecule has 1 aromatic rings. The predicted octanol–water partition coefficient (Wildman–Crippen LogP) is 1.28. The molecule has 0 radical (unpaired) electrons. The first-order valence-corrected chi connectivity index (χ1v) is 4.14. The molecule has 5 heteroatoms. The maximum absolute atomic E-state index is 13.2. The summed E-state index contributed by atoms with van der Waals surface area (Å²) in [5, 5.41) is 0. The van der Waals surface area contributed by atoms with Crippen LogP contribution in [0.1, 0.15) is 6.42 Å². The van der Waals surface area contributed by atoms with Crippen LogP contribution in [-0.4, -0.2) is 12.5 Å². The van der Waals surface area contributed by atoms with Crippen molar-refractivity contribution < 1.29 is 13.6 Å². The van der Waals surface area contributed by atoms with E-state index in [0.717, 1.165) is 12.1 Å². The van der Waals surface area contributed by atoms with Gasteiger partial charge in [0.25, 0.3) is 0 Å². The van der Waals surface area contributed by atoms with Gasteiger partial charge in [-0.15, -0.1) is 0 Å². The van der Waals surface area contributed by atoms with E-state index in [9.17, 15) is 13.6 Å². The zero-order valence-corrected chi connectivity index (χ0v) is 7.26. The van der Waals surface area contributed by atoms with Gasteiger partial charge < -0.3 is 10.6 Å². The molecule has 0 atom stereocenters. The van der Waals surface area contributed by atoms with Crippen molar-refractivity contribution in [1.82, 2.24) is 0 Å². The van der Waals surface area contributed by atoms with Gasteiger partial charge in [-0.25, -0.2) is 8.78 Å². The van der Waals surface area contributed by atoms with Crippen LogP contribution in [0.4, 0.5) is 20.2 Å². The third kappa shape index (κ3) is 1.21. The van der Waals surface area contributed by atoms with E-state index in [4.69, 9.17) is 5.73 Å². The third-order valence-electron chi connectivity index (χ3n) is 2.18. The lowest BCUT2D eigenvalue weighted by Gasteiger charge is -2.31. The van der Waals surface area contributed by atoms with Crippen LogP contribution in [0.5, 0.6) is 0 Å². The number of benzene rings is 1. The summed E-state index contributed by atoms with van der Waals surface area (Å²) in [5.41, 5.74) is 5.36. The standard InChI is InChI=1S/C9H8F2N2O/c10-5-3-6(11)9(7(12)4-5)13-2-1-8(13)14/h3-4H,1-2,12H2. The molecule has 0 saturated carbocycles. The highest BCUT2D eigenvalue weighted by Crippen LogP contribution is 2.31. The molecule has 0 unspecified atom stereocenters. The van der Waals surface area contributed by atoms with E-state index in [1.807, 2.05) is 0 Å². The molecule has 14 heavy (non-hydrogen) atoms. The van der Waals surface area contributed by atoms with Gasteiger partial charge in [-0.2, -0.15) is 0 Å². The normalized spacial score (nSPS) is 15.6. The summed E-state index contributed by atoms with van der Waals surface area (Å²) in [6.45, 7) is 0.436. The summed E-state index contributed by atoms with van der Waals surface area (Å²) in [4.78, 5) is 12.2. The monoisotopic (exact) mass is 198 g/mol. The Morgan fingerprint density at radius 2 is 2.07 bits per heavy atom. The summed E-state index contributed by atoms with van der Waals surface area (Å²) in [7, 11) is 0. The van der Waals surface area contributed by atoms with Gasteiger partial charge in [-0.05, 0) is 6.07 Å². The number of β-lactam (4-membered cyclic amide) rings is 1. The minimum atomic E-state index is -0.796. The molecule has 1 fully saturated rings. The molecule has 1 aliphatic rings. The molecular formula is C9H8F2N2O. The van der Waals surface area contributed by atoms with Gasteiger partial charge in [-0.3, -0.25) is 4.79 Å². The van der Waals surface area contributed by atoms with Crippen molar-refractivity contribution in [3.8, 4) is 0 Å². The van der Waals surface area contributed by atoms with Crippen LogP contribution < -0.4 is 10.6 Å². The van der Waals surface area contributed by atoms with Crippen LogP contribution >= 0.6 is 0 Å². The van der Waals surface area contributed by atoms with E-state index in [-0.39, 0.29) is 17.3 Å². The van der Waals surface area contributed by atoms with E-state index in [1.54, 1.807) is 0 Å². The highest BCUT2D eigenvalue weighted by Gasteiger charge is 2.29. The van der Waals surface area contributed by atoms with Gasteiger partial charge in [0, 0.05) is 19.0 Å². The molecule has 1 heterocycles. The number of hydrogen-bond donors (Lipinski definition) is 1. The molecule has 1 aliphatic heterocycles. The zero-order valence-electron chi connectivity index (χ0n) is 7.26. The highest BCUT2D eigenvalue weighted by molar-refractivity contribution is 6.01. The highest BCUT2D eigenvalue weighted by atomic mass is 19.1. The van der Waals surface area contributed by atoms with Gasteiger partial charge in [0.05, 0.1) is 5.69 Å². The lowest BCUT2D eigenvalue weighted by atomic mass is 10.1. The summed E-state index contributed by atoms with van der Waals surface area (Å²) in [6, 6.07) is 1.72. The van der Waals surface area contributed by atoms with E-state index < -0.39 is 11.6 Å². The minimum Gasteiger partial charge on any atom is -0.397 e. The van der Waals surface area contributed by atoms with Gasteiger partial charge >= 0.3 is 0 Å². The molecule has 0 spiro atoms.